The number of benzene rings is 1. The van der Waals surface area contributed by atoms with Gasteiger partial charge in [0.15, 0.2) is 11.5 Å². The number of nitrogens with zero attached hydrogens (tertiary/aromatic N) is 1. The molecule has 0 aromatic heterocycles. The van der Waals surface area contributed by atoms with Crippen molar-refractivity contribution in [3.8, 4) is 11.5 Å². The third kappa shape index (κ3) is 7.54. The Kier molecular flexibility index (Phi) is 8.51. The van der Waals surface area contributed by atoms with Crippen molar-refractivity contribution in [2.75, 3.05) is 33.3 Å². The maximum absolute atomic E-state index is 12.3. The van der Waals surface area contributed by atoms with Gasteiger partial charge in [0.2, 0.25) is 5.91 Å². The van der Waals surface area contributed by atoms with Crippen LogP contribution in [0.5, 0.6) is 11.5 Å². The normalized spacial score (nSPS) is 16.5. The van der Waals surface area contributed by atoms with Crippen LogP contribution in [0.15, 0.2) is 24.3 Å². The number of nitrogens with one attached hydrogen (secondary N) is 1. The first-order chi connectivity index (χ1) is 13.0. The van der Waals surface area contributed by atoms with Crippen LogP contribution in [0, 0.1) is 5.92 Å². The average Bonchev–Trinajstić information content (AvgIpc) is 2.66. The highest BCUT2D eigenvalue weighted by molar-refractivity contribution is 5.91. The minimum atomic E-state index is -2.92. The molecule has 0 saturated carbocycles. The number of methoxy groups -OCH3 is 1. The van der Waals surface area contributed by atoms with E-state index in [1.807, 2.05) is 0 Å². The third-order valence-electron chi connectivity index (χ3n) is 4.47. The van der Waals surface area contributed by atoms with Crippen LogP contribution in [0.25, 0.3) is 6.08 Å². The van der Waals surface area contributed by atoms with E-state index in [2.05, 4.69) is 21.9 Å². The molecule has 1 aromatic rings. The molecular weight excluding hydrogens is 354 g/mol. The van der Waals surface area contributed by atoms with Crippen LogP contribution in [0.2, 0.25) is 0 Å². The lowest BCUT2D eigenvalue weighted by molar-refractivity contribution is -0.116. The van der Waals surface area contributed by atoms with Gasteiger partial charge in [-0.15, -0.1) is 0 Å². The van der Waals surface area contributed by atoms with Crippen LogP contribution in [0.3, 0.4) is 0 Å². The number of halogens is 2. The number of likely N-dealkylation sites (tertiary alicyclic amines) is 1. The minimum Gasteiger partial charge on any atom is -0.493 e. The zero-order chi connectivity index (χ0) is 19.6. The summed E-state index contributed by atoms with van der Waals surface area (Å²) in [5, 5.41) is 2.90. The van der Waals surface area contributed by atoms with Crippen molar-refractivity contribution >= 4 is 12.0 Å². The van der Waals surface area contributed by atoms with Crippen molar-refractivity contribution in [3.05, 3.63) is 29.8 Å². The van der Waals surface area contributed by atoms with E-state index in [0.717, 1.165) is 19.6 Å². The van der Waals surface area contributed by atoms with E-state index in [1.165, 1.54) is 38.5 Å². The SMILES string of the molecule is COc1cc(/C=C/C(=O)NCC(C)CN2CCCCC2)ccc1OC(F)F. The van der Waals surface area contributed by atoms with Crippen molar-refractivity contribution in [1.82, 2.24) is 10.2 Å². The van der Waals surface area contributed by atoms with E-state index in [1.54, 1.807) is 18.2 Å². The number of ether oxygens (including phenoxy) is 2. The lowest BCUT2D eigenvalue weighted by atomic mass is 10.1. The van der Waals surface area contributed by atoms with Crippen LogP contribution >= 0.6 is 0 Å². The Hall–Kier alpha value is -2.15. The highest BCUT2D eigenvalue weighted by atomic mass is 19.3. The number of rotatable bonds is 9. The van der Waals surface area contributed by atoms with Gasteiger partial charge in [-0.3, -0.25) is 4.79 Å². The van der Waals surface area contributed by atoms with E-state index < -0.39 is 6.61 Å². The number of carbonyl (C=O) groups is 1. The van der Waals surface area contributed by atoms with E-state index >= 15 is 0 Å². The van der Waals surface area contributed by atoms with E-state index in [-0.39, 0.29) is 17.4 Å². The Balaban J connectivity index is 1.81. The Morgan fingerprint density at radius 3 is 2.67 bits per heavy atom. The molecule has 0 radical (unpaired) electrons. The second kappa shape index (κ2) is 10.9. The molecule has 1 heterocycles. The topological polar surface area (TPSA) is 50.8 Å². The van der Waals surface area contributed by atoms with Gasteiger partial charge < -0.3 is 19.7 Å². The number of carbonyl (C=O) groups excluding carboxylic acids is 1. The van der Waals surface area contributed by atoms with Gasteiger partial charge >= 0.3 is 6.61 Å². The minimum absolute atomic E-state index is 0.0411. The first-order valence-electron chi connectivity index (χ1n) is 9.29. The van der Waals surface area contributed by atoms with E-state index in [4.69, 9.17) is 4.74 Å². The zero-order valence-electron chi connectivity index (χ0n) is 15.9. The van der Waals surface area contributed by atoms with Gasteiger partial charge in [0, 0.05) is 19.2 Å². The predicted molar refractivity (Wildman–Crippen MR) is 101 cm³/mol. The molecule has 1 unspecified atom stereocenters. The predicted octanol–water partition coefficient (Wildman–Crippen LogP) is 3.55. The van der Waals surface area contributed by atoms with Gasteiger partial charge in [-0.05, 0) is 55.6 Å². The van der Waals surface area contributed by atoms with Gasteiger partial charge in [0.25, 0.3) is 0 Å². The highest BCUT2D eigenvalue weighted by Crippen LogP contribution is 2.29. The van der Waals surface area contributed by atoms with Crippen LogP contribution in [0.1, 0.15) is 31.7 Å². The molecule has 7 heteroatoms. The Bertz CT molecular complexity index is 632. The monoisotopic (exact) mass is 382 g/mol. The summed E-state index contributed by atoms with van der Waals surface area (Å²) in [6.45, 7) is 3.11. The summed E-state index contributed by atoms with van der Waals surface area (Å²) in [6.07, 6.45) is 6.86. The second-order valence-corrected chi connectivity index (χ2v) is 6.83. The van der Waals surface area contributed by atoms with Gasteiger partial charge in [-0.25, -0.2) is 0 Å². The van der Waals surface area contributed by atoms with Crippen LogP contribution in [-0.4, -0.2) is 50.7 Å². The van der Waals surface area contributed by atoms with Gasteiger partial charge in [0.1, 0.15) is 0 Å². The molecule has 0 spiro atoms. The smallest absolute Gasteiger partial charge is 0.387 e. The quantitative estimate of drug-likeness (QED) is 0.664. The first-order valence-corrected chi connectivity index (χ1v) is 9.29. The van der Waals surface area contributed by atoms with Crippen LogP contribution < -0.4 is 14.8 Å². The fourth-order valence-electron chi connectivity index (χ4n) is 3.13. The number of alkyl halides is 2. The van der Waals surface area contributed by atoms with E-state index in [0.29, 0.717) is 18.0 Å². The standard InChI is InChI=1S/C20H28F2N2O3/c1-15(14-24-10-4-3-5-11-24)13-23-19(25)9-7-16-6-8-17(27-20(21)22)18(12-16)26-2/h6-9,12,15,20H,3-5,10-11,13-14H2,1-2H3,(H,23,25)/b9-7+. The summed E-state index contributed by atoms with van der Waals surface area (Å²) in [7, 11) is 1.37. The van der Waals surface area contributed by atoms with Gasteiger partial charge in [-0.1, -0.05) is 19.4 Å². The maximum Gasteiger partial charge on any atom is 0.387 e. The fourth-order valence-corrected chi connectivity index (χ4v) is 3.13. The Labute approximate surface area is 159 Å². The summed E-state index contributed by atoms with van der Waals surface area (Å²) in [6, 6.07) is 4.52. The molecule has 150 valence electrons. The third-order valence-corrected chi connectivity index (χ3v) is 4.47. The molecule has 1 aliphatic heterocycles. The van der Waals surface area contributed by atoms with Crippen molar-refractivity contribution in [2.24, 2.45) is 5.92 Å². The van der Waals surface area contributed by atoms with Gasteiger partial charge in [-0.2, -0.15) is 8.78 Å². The largest absolute Gasteiger partial charge is 0.493 e. The lowest BCUT2D eigenvalue weighted by Crippen LogP contribution is -2.37. The lowest BCUT2D eigenvalue weighted by Gasteiger charge is -2.29. The molecule has 1 saturated heterocycles. The van der Waals surface area contributed by atoms with Crippen LogP contribution in [-0.2, 0) is 4.79 Å². The number of amides is 1. The van der Waals surface area contributed by atoms with Crippen molar-refractivity contribution < 1.29 is 23.0 Å². The summed E-state index contributed by atoms with van der Waals surface area (Å²) < 4.78 is 34.1. The number of hydrogen-bond donors (Lipinski definition) is 1. The first kappa shape index (κ1) is 21.2. The molecule has 5 nitrogen and oxygen atoms in total. The molecule has 1 fully saturated rings. The maximum atomic E-state index is 12.3. The number of piperidine rings is 1. The second-order valence-electron chi connectivity index (χ2n) is 6.83. The summed E-state index contributed by atoms with van der Waals surface area (Å²) in [4.78, 5) is 14.5. The Morgan fingerprint density at radius 2 is 2.00 bits per heavy atom. The van der Waals surface area contributed by atoms with Crippen molar-refractivity contribution in [2.45, 2.75) is 32.8 Å². The average molecular weight is 382 g/mol. The van der Waals surface area contributed by atoms with Crippen LogP contribution in [0.4, 0.5) is 8.78 Å². The molecule has 1 N–H and O–H groups in total. The van der Waals surface area contributed by atoms with Crippen molar-refractivity contribution in [3.63, 3.8) is 0 Å². The molecule has 1 aromatic carbocycles. The molecule has 27 heavy (non-hydrogen) atoms. The Morgan fingerprint density at radius 1 is 1.26 bits per heavy atom. The molecule has 1 atom stereocenters. The molecule has 0 bridgehead atoms. The fraction of sp³-hybridized carbons (Fsp3) is 0.550. The highest BCUT2D eigenvalue weighted by Gasteiger charge is 2.14. The summed E-state index contributed by atoms with van der Waals surface area (Å²) in [5.74, 6) is 0.340. The van der Waals surface area contributed by atoms with Crippen molar-refractivity contribution in [1.29, 1.82) is 0 Å². The van der Waals surface area contributed by atoms with Gasteiger partial charge in [0.05, 0.1) is 7.11 Å². The molecule has 2 rings (SSSR count). The molecule has 1 amide bonds. The van der Waals surface area contributed by atoms with E-state index in [9.17, 15) is 13.6 Å². The molecular formula is C20H28F2N2O3. The summed E-state index contributed by atoms with van der Waals surface area (Å²) >= 11 is 0. The molecule has 0 aliphatic carbocycles. The zero-order valence-corrected chi connectivity index (χ0v) is 15.9. The number of hydrogen-bond acceptors (Lipinski definition) is 4. The summed E-state index contributed by atoms with van der Waals surface area (Å²) in [5.41, 5.74) is 0.657. The molecule has 1 aliphatic rings.